The van der Waals surface area contributed by atoms with Gasteiger partial charge >= 0.3 is 0 Å². The average molecular weight is 298 g/mol. The molecular weight excluding hydrogens is 278 g/mol. The number of hydrogen-bond acceptors (Lipinski definition) is 1. The van der Waals surface area contributed by atoms with Crippen molar-refractivity contribution >= 4 is 21.8 Å². The molecule has 0 heterocycles. The van der Waals surface area contributed by atoms with Gasteiger partial charge in [-0.15, -0.1) is 0 Å². The molecule has 1 amide bonds. The fourth-order valence-electron chi connectivity index (χ4n) is 1.69. The maximum Gasteiger partial charge on any atom is 0.251 e. The number of rotatable bonds is 5. The number of nitrogens with one attached hydrogen (secondary N) is 1. The first-order valence-corrected chi connectivity index (χ1v) is 6.89. The van der Waals surface area contributed by atoms with Crippen LogP contribution in [0.2, 0.25) is 0 Å². The molecule has 1 N–H and O–H groups in total. The molecule has 0 aliphatic heterocycles. The quantitative estimate of drug-likeness (QED) is 0.828. The van der Waals surface area contributed by atoms with Gasteiger partial charge in [0.05, 0.1) is 0 Å². The van der Waals surface area contributed by atoms with E-state index >= 15 is 0 Å². The molecule has 0 saturated heterocycles. The zero-order valence-corrected chi connectivity index (χ0v) is 12.3. The third-order valence-corrected chi connectivity index (χ3v) is 3.19. The van der Waals surface area contributed by atoms with Gasteiger partial charge in [0.2, 0.25) is 0 Å². The molecule has 1 atom stereocenters. The maximum atomic E-state index is 11.9. The van der Waals surface area contributed by atoms with Gasteiger partial charge in [-0.2, -0.15) is 0 Å². The summed E-state index contributed by atoms with van der Waals surface area (Å²) in [5, 5.41) is 2.95. The Hall–Kier alpha value is -0.830. The molecule has 0 aliphatic carbocycles. The summed E-state index contributed by atoms with van der Waals surface area (Å²) in [6.45, 7) is 7.01. The molecule has 1 aromatic carbocycles. The number of benzene rings is 1. The van der Waals surface area contributed by atoms with E-state index in [1.54, 1.807) is 0 Å². The van der Waals surface area contributed by atoms with Gasteiger partial charge in [-0.05, 0) is 31.4 Å². The van der Waals surface area contributed by atoms with Crippen LogP contribution in [0.5, 0.6) is 0 Å². The van der Waals surface area contributed by atoms with E-state index in [4.69, 9.17) is 0 Å². The predicted octanol–water partition coefficient (Wildman–Crippen LogP) is 3.53. The van der Waals surface area contributed by atoms with Gasteiger partial charge in [0.25, 0.3) is 5.91 Å². The first-order chi connectivity index (χ1) is 7.99. The molecule has 0 saturated carbocycles. The van der Waals surface area contributed by atoms with Crippen molar-refractivity contribution in [3.8, 4) is 0 Å². The van der Waals surface area contributed by atoms with Gasteiger partial charge in [-0.1, -0.05) is 47.5 Å². The van der Waals surface area contributed by atoms with Crippen molar-refractivity contribution in [2.45, 2.75) is 32.0 Å². The number of aryl methyl sites for hydroxylation is 1. The van der Waals surface area contributed by atoms with Crippen LogP contribution in [0.1, 0.15) is 36.2 Å². The van der Waals surface area contributed by atoms with Crippen LogP contribution < -0.4 is 5.32 Å². The highest BCUT2D eigenvalue weighted by Gasteiger charge is 2.10. The third-order valence-electron chi connectivity index (χ3n) is 2.49. The highest BCUT2D eigenvalue weighted by atomic mass is 79.9. The molecule has 0 aliphatic rings. The summed E-state index contributed by atoms with van der Waals surface area (Å²) in [7, 11) is 0. The Morgan fingerprint density at radius 2 is 2.12 bits per heavy atom. The van der Waals surface area contributed by atoms with Crippen molar-refractivity contribution in [1.29, 1.82) is 0 Å². The average Bonchev–Trinajstić information content (AvgIpc) is 2.25. The first-order valence-electron chi connectivity index (χ1n) is 5.98. The van der Waals surface area contributed by atoms with Gasteiger partial charge in [0.1, 0.15) is 0 Å². The summed E-state index contributed by atoms with van der Waals surface area (Å²) in [6.07, 6.45) is 1.06. The Labute approximate surface area is 112 Å². The van der Waals surface area contributed by atoms with Crippen LogP contribution in [-0.2, 0) is 0 Å². The third kappa shape index (κ3) is 5.35. The second kappa shape index (κ2) is 6.80. The minimum atomic E-state index is 0.00176. The van der Waals surface area contributed by atoms with E-state index in [1.807, 2.05) is 31.2 Å². The van der Waals surface area contributed by atoms with Gasteiger partial charge < -0.3 is 5.32 Å². The fraction of sp³-hybridized carbons (Fsp3) is 0.500. The van der Waals surface area contributed by atoms with Crippen molar-refractivity contribution in [3.63, 3.8) is 0 Å². The normalized spacial score (nSPS) is 12.5. The number of amides is 1. The standard InChI is InChI=1S/C14H20BrNO/c1-10(2)7-13(15)9-16-14(17)12-6-4-5-11(3)8-12/h4-6,8,10,13H,7,9H2,1-3H3,(H,16,17). The number of carbonyl (C=O) groups is 1. The zero-order valence-electron chi connectivity index (χ0n) is 10.7. The first kappa shape index (κ1) is 14.2. The van der Waals surface area contributed by atoms with Crippen molar-refractivity contribution in [2.24, 2.45) is 5.92 Å². The van der Waals surface area contributed by atoms with E-state index in [1.165, 1.54) is 0 Å². The Morgan fingerprint density at radius 1 is 1.41 bits per heavy atom. The van der Waals surface area contributed by atoms with E-state index < -0.39 is 0 Å². The van der Waals surface area contributed by atoms with Crippen molar-refractivity contribution in [3.05, 3.63) is 35.4 Å². The summed E-state index contributed by atoms with van der Waals surface area (Å²) in [4.78, 5) is 12.2. The molecule has 0 bridgehead atoms. The van der Waals surface area contributed by atoms with Gasteiger partial charge in [0, 0.05) is 16.9 Å². The lowest BCUT2D eigenvalue weighted by Gasteiger charge is -2.13. The van der Waals surface area contributed by atoms with E-state index in [-0.39, 0.29) is 5.91 Å². The molecule has 3 heteroatoms. The van der Waals surface area contributed by atoms with Crippen molar-refractivity contribution in [2.75, 3.05) is 6.54 Å². The summed E-state index contributed by atoms with van der Waals surface area (Å²) in [5.74, 6) is 0.636. The molecule has 0 radical (unpaired) electrons. The van der Waals surface area contributed by atoms with Gasteiger partial charge in [-0.25, -0.2) is 0 Å². The smallest absolute Gasteiger partial charge is 0.251 e. The number of carbonyl (C=O) groups excluding carboxylic acids is 1. The monoisotopic (exact) mass is 297 g/mol. The molecule has 0 spiro atoms. The van der Waals surface area contributed by atoms with Crippen LogP contribution in [0.3, 0.4) is 0 Å². The lowest BCUT2D eigenvalue weighted by molar-refractivity contribution is 0.0953. The van der Waals surface area contributed by atoms with Crippen LogP contribution in [0.4, 0.5) is 0 Å². The SMILES string of the molecule is Cc1cccc(C(=O)NCC(Br)CC(C)C)c1. The highest BCUT2D eigenvalue weighted by molar-refractivity contribution is 9.09. The van der Waals surface area contributed by atoms with E-state index in [0.29, 0.717) is 17.3 Å². The van der Waals surface area contributed by atoms with Crippen LogP contribution in [0.15, 0.2) is 24.3 Å². The number of alkyl halides is 1. The van der Waals surface area contributed by atoms with Crippen molar-refractivity contribution < 1.29 is 4.79 Å². The van der Waals surface area contributed by atoms with Crippen LogP contribution >= 0.6 is 15.9 Å². The Bertz CT molecular complexity index is 376. The molecule has 17 heavy (non-hydrogen) atoms. The second-order valence-electron chi connectivity index (χ2n) is 4.81. The lowest BCUT2D eigenvalue weighted by atomic mass is 10.1. The van der Waals surface area contributed by atoms with E-state index in [0.717, 1.165) is 17.5 Å². The van der Waals surface area contributed by atoms with E-state index in [2.05, 4.69) is 35.1 Å². The summed E-state index contributed by atoms with van der Waals surface area (Å²) in [6, 6.07) is 7.64. The van der Waals surface area contributed by atoms with Crippen LogP contribution in [0, 0.1) is 12.8 Å². The molecule has 0 fully saturated rings. The highest BCUT2D eigenvalue weighted by Crippen LogP contribution is 2.12. The van der Waals surface area contributed by atoms with Gasteiger partial charge in [0.15, 0.2) is 0 Å². The molecule has 1 aromatic rings. The predicted molar refractivity (Wildman–Crippen MR) is 75.7 cm³/mol. The van der Waals surface area contributed by atoms with Crippen LogP contribution in [0.25, 0.3) is 0 Å². The van der Waals surface area contributed by atoms with E-state index in [9.17, 15) is 4.79 Å². The maximum absolute atomic E-state index is 11.9. The van der Waals surface area contributed by atoms with Gasteiger partial charge in [-0.3, -0.25) is 4.79 Å². The molecule has 0 aromatic heterocycles. The Morgan fingerprint density at radius 3 is 2.71 bits per heavy atom. The second-order valence-corrected chi connectivity index (χ2v) is 6.10. The largest absolute Gasteiger partial charge is 0.351 e. The van der Waals surface area contributed by atoms with Crippen molar-refractivity contribution in [1.82, 2.24) is 5.32 Å². The van der Waals surface area contributed by atoms with Crippen LogP contribution in [-0.4, -0.2) is 17.3 Å². The summed E-state index contributed by atoms with van der Waals surface area (Å²) in [5.41, 5.74) is 1.84. The zero-order chi connectivity index (χ0) is 12.8. The molecular formula is C14H20BrNO. The minimum Gasteiger partial charge on any atom is -0.351 e. The Kier molecular flexibility index (Phi) is 5.69. The Balaban J connectivity index is 2.45. The summed E-state index contributed by atoms with van der Waals surface area (Å²) < 4.78 is 0. The fourth-order valence-corrected chi connectivity index (χ4v) is 2.60. The molecule has 1 unspecified atom stereocenters. The molecule has 1 rings (SSSR count). The number of hydrogen-bond donors (Lipinski definition) is 1. The molecule has 2 nitrogen and oxygen atoms in total. The lowest BCUT2D eigenvalue weighted by Crippen LogP contribution is -2.30. The summed E-state index contributed by atoms with van der Waals surface area (Å²) >= 11 is 3.58. The molecule has 94 valence electrons. The minimum absolute atomic E-state index is 0.00176. The topological polar surface area (TPSA) is 29.1 Å². The number of halogens is 1.